The molecule has 2 aromatic carbocycles. The van der Waals surface area contributed by atoms with E-state index in [0.29, 0.717) is 18.0 Å². The molecule has 5 nitrogen and oxygen atoms in total. The predicted octanol–water partition coefficient (Wildman–Crippen LogP) is 3.31. The van der Waals surface area contributed by atoms with Crippen molar-refractivity contribution in [1.82, 2.24) is 10.6 Å². The number of carboxylic acid groups (broad SMARTS) is 1. The SMILES string of the molecule is CC(C)c1ccc(C(=O)NC(=S)NCc2ccc(C(=O)O)cc2)cc1. The fourth-order valence-electron chi connectivity index (χ4n) is 2.19. The van der Waals surface area contributed by atoms with Crippen LogP contribution in [0.15, 0.2) is 48.5 Å². The molecule has 6 heteroatoms. The summed E-state index contributed by atoms with van der Waals surface area (Å²) in [7, 11) is 0. The van der Waals surface area contributed by atoms with Crippen molar-refractivity contribution < 1.29 is 14.7 Å². The van der Waals surface area contributed by atoms with Crippen LogP contribution in [-0.2, 0) is 6.54 Å². The summed E-state index contributed by atoms with van der Waals surface area (Å²) in [6, 6.07) is 13.9. The number of hydrogen-bond acceptors (Lipinski definition) is 3. The van der Waals surface area contributed by atoms with Crippen molar-refractivity contribution in [3.05, 3.63) is 70.8 Å². The molecule has 0 saturated heterocycles. The maximum absolute atomic E-state index is 12.2. The van der Waals surface area contributed by atoms with Gasteiger partial charge in [-0.05, 0) is 53.5 Å². The van der Waals surface area contributed by atoms with Gasteiger partial charge in [-0.1, -0.05) is 38.1 Å². The van der Waals surface area contributed by atoms with E-state index in [9.17, 15) is 9.59 Å². The maximum Gasteiger partial charge on any atom is 0.335 e. The van der Waals surface area contributed by atoms with Crippen molar-refractivity contribution in [1.29, 1.82) is 0 Å². The van der Waals surface area contributed by atoms with Crippen LogP contribution in [0.5, 0.6) is 0 Å². The number of benzene rings is 2. The molecule has 0 aliphatic rings. The molecule has 0 aromatic heterocycles. The van der Waals surface area contributed by atoms with Crippen molar-refractivity contribution in [2.24, 2.45) is 0 Å². The molecule has 0 spiro atoms. The molecule has 0 fully saturated rings. The zero-order chi connectivity index (χ0) is 18.4. The van der Waals surface area contributed by atoms with Crippen LogP contribution in [0.4, 0.5) is 0 Å². The minimum atomic E-state index is -0.967. The van der Waals surface area contributed by atoms with Crippen LogP contribution in [0.1, 0.15) is 51.6 Å². The molecule has 2 rings (SSSR count). The Balaban J connectivity index is 1.86. The van der Waals surface area contributed by atoms with E-state index in [0.717, 1.165) is 5.56 Å². The molecule has 3 N–H and O–H groups in total. The molecular formula is C19H20N2O3S. The zero-order valence-electron chi connectivity index (χ0n) is 14.1. The van der Waals surface area contributed by atoms with E-state index >= 15 is 0 Å². The lowest BCUT2D eigenvalue weighted by molar-refractivity contribution is 0.0696. The molecule has 25 heavy (non-hydrogen) atoms. The fraction of sp³-hybridized carbons (Fsp3) is 0.211. The van der Waals surface area contributed by atoms with Crippen molar-refractivity contribution in [3.8, 4) is 0 Å². The Morgan fingerprint density at radius 3 is 2.08 bits per heavy atom. The highest BCUT2D eigenvalue weighted by atomic mass is 32.1. The second-order valence-electron chi connectivity index (χ2n) is 5.92. The van der Waals surface area contributed by atoms with Gasteiger partial charge in [-0.15, -0.1) is 0 Å². The van der Waals surface area contributed by atoms with Gasteiger partial charge in [0, 0.05) is 12.1 Å². The Kier molecular flexibility index (Phi) is 6.25. The quantitative estimate of drug-likeness (QED) is 0.717. The molecule has 0 aliphatic carbocycles. The van der Waals surface area contributed by atoms with Crippen molar-refractivity contribution in [3.63, 3.8) is 0 Å². The first-order chi connectivity index (χ1) is 11.9. The molecule has 130 valence electrons. The summed E-state index contributed by atoms with van der Waals surface area (Å²) in [5.41, 5.74) is 2.80. The molecule has 2 aromatic rings. The van der Waals surface area contributed by atoms with E-state index in [1.54, 1.807) is 24.3 Å². The van der Waals surface area contributed by atoms with E-state index < -0.39 is 5.97 Å². The first-order valence-corrected chi connectivity index (χ1v) is 8.29. The van der Waals surface area contributed by atoms with Gasteiger partial charge >= 0.3 is 5.97 Å². The van der Waals surface area contributed by atoms with Crippen LogP contribution in [-0.4, -0.2) is 22.1 Å². The highest BCUT2D eigenvalue weighted by Crippen LogP contribution is 2.14. The summed E-state index contributed by atoms with van der Waals surface area (Å²) in [5, 5.41) is 14.6. The van der Waals surface area contributed by atoms with E-state index in [1.165, 1.54) is 17.7 Å². The molecule has 0 heterocycles. The normalized spacial score (nSPS) is 10.4. The minimum Gasteiger partial charge on any atom is -0.478 e. The Morgan fingerprint density at radius 1 is 1.00 bits per heavy atom. The van der Waals surface area contributed by atoms with E-state index in [2.05, 4.69) is 24.5 Å². The summed E-state index contributed by atoms with van der Waals surface area (Å²) in [6.45, 7) is 4.58. The second kappa shape index (κ2) is 8.39. The van der Waals surface area contributed by atoms with Gasteiger partial charge < -0.3 is 10.4 Å². The highest BCUT2D eigenvalue weighted by molar-refractivity contribution is 7.80. The summed E-state index contributed by atoms with van der Waals surface area (Å²) in [4.78, 5) is 23.0. The molecule has 1 amide bonds. The van der Waals surface area contributed by atoms with Crippen LogP contribution in [0.2, 0.25) is 0 Å². The number of hydrogen-bond donors (Lipinski definition) is 3. The highest BCUT2D eigenvalue weighted by Gasteiger charge is 2.09. The molecule has 0 saturated carbocycles. The van der Waals surface area contributed by atoms with Crippen molar-refractivity contribution in [2.75, 3.05) is 0 Å². The van der Waals surface area contributed by atoms with Gasteiger partial charge in [0.05, 0.1) is 5.56 Å². The minimum absolute atomic E-state index is 0.222. The fourth-order valence-corrected chi connectivity index (χ4v) is 2.35. The Bertz CT molecular complexity index is 768. The largest absolute Gasteiger partial charge is 0.478 e. The van der Waals surface area contributed by atoms with Gasteiger partial charge in [-0.3, -0.25) is 10.1 Å². The number of aromatic carboxylic acids is 1. The van der Waals surface area contributed by atoms with Crippen LogP contribution in [0.25, 0.3) is 0 Å². The number of nitrogens with one attached hydrogen (secondary N) is 2. The molecule has 0 unspecified atom stereocenters. The van der Waals surface area contributed by atoms with Crippen molar-refractivity contribution in [2.45, 2.75) is 26.3 Å². The maximum atomic E-state index is 12.2. The summed E-state index contributed by atoms with van der Waals surface area (Å²) >= 11 is 5.13. The average molecular weight is 356 g/mol. The molecular weight excluding hydrogens is 336 g/mol. The second-order valence-corrected chi connectivity index (χ2v) is 6.32. The van der Waals surface area contributed by atoms with Gasteiger partial charge in [0.2, 0.25) is 0 Å². The number of carbonyl (C=O) groups is 2. The number of carbonyl (C=O) groups excluding carboxylic acids is 1. The predicted molar refractivity (Wildman–Crippen MR) is 101 cm³/mol. The third kappa shape index (κ3) is 5.39. The molecule has 0 radical (unpaired) electrons. The molecule has 0 bridgehead atoms. The first kappa shape index (κ1) is 18.6. The molecule has 0 aliphatic heterocycles. The number of carboxylic acids is 1. The van der Waals surface area contributed by atoms with E-state index in [4.69, 9.17) is 17.3 Å². The Hall–Kier alpha value is -2.73. The monoisotopic (exact) mass is 356 g/mol. The van der Waals surface area contributed by atoms with E-state index in [1.807, 2.05) is 12.1 Å². The first-order valence-electron chi connectivity index (χ1n) is 7.88. The standard InChI is InChI=1S/C19H20N2O3S/c1-12(2)14-7-9-15(10-8-14)17(22)21-19(25)20-11-13-3-5-16(6-4-13)18(23)24/h3-10,12H,11H2,1-2H3,(H,23,24)(H2,20,21,22,25). The molecule has 0 atom stereocenters. The van der Waals surface area contributed by atoms with Crippen molar-refractivity contribution >= 4 is 29.2 Å². The van der Waals surface area contributed by atoms with Gasteiger partial charge in [0.15, 0.2) is 5.11 Å². The zero-order valence-corrected chi connectivity index (χ0v) is 14.9. The lowest BCUT2D eigenvalue weighted by Crippen LogP contribution is -2.38. The van der Waals surface area contributed by atoms with Crippen LogP contribution < -0.4 is 10.6 Å². The topological polar surface area (TPSA) is 78.4 Å². The number of rotatable bonds is 5. The number of thiocarbonyl (C=S) groups is 1. The van der Waals surface area contributed by atoms with Gasteiger partial charge in [0.1, 0.15) is 0 Å². The summed E-state index contributed by atoms with van der Waals surface area (Å²) < 4.78 is 0. The van der Waals surface area contributed by atoms with E-state index in [-0.39, 0.29) is 16.6 Å². The Morgan fingerprint density at radius 2 is 1.56 bits per heavy atom. The Labute approximate surface area is 152 Å². The lowest BCUT2D eigenvalue weighted by atomic mass is 10.0. The van der Waals surface area contributed by atoms with Gasteiger partial charge in [-0.2, -0.15) is 0 Å². The van der Waals surface area contributed by atoms with Crippen LogP contribution >= 0.6 is 12.2 Å². The third-order valence-electron chi connectivity index (χ3n) is 3.72. The lowest BCUT2D eigenvalue weighted by Gasteiger charge is -2.11. The summed E-state index contributed by atoms with van der Waals surface area (Å²) in [5.74, 6) is -0.827. The number of amides is 1. The van der Waals surface area contributed by atoms with Gasteiger partial charge in [0.25, 0.3) is 5.91 Å². The van der Waals surface area contributed by atoms with Gasteiger partial charge in [-0.25, -0.2) is 4.79 Å². The van der Waals surface area contributed by atoms with Crippen LogP contribution in [0, 0.1) is 0 Å². The van der Waals surface area contributed by atoms with Crippen LogP contribution in [0.3, 0.4) is 0 Å². The smallest absolute Gasteiger partial charge is 0.335 e. The summed E-state index contributed by atoms with van der Waals surface area (Å²) in [6.07, 6.45) is 0. The average Bonchev–Trinajstić information content (AvgIpc) is 2.60. The third-order valence-corrected chi connectivity index (χ3v) is 3.97.